The van der Waals surface area contributed by atoms with Crippen molar-refractivity contribution in [3.63, 3.8) is 0 Å². The maximum absolute atomic E-state index is 9.39. The molecule has 1 aliphatic carbocycles. The molecule has 1 heterocycles. The molecule has 1 aliphatic heterocycles. The zero-order valence-electron chi connectivity index (χ0n) is 10.0. The second kappa shape index (κ2) is 5.65. The summed E-state index contributed by atoms with van der Waals surface area (Å²) >= 11 is 0. The van der Waals surface area contributed by atoms with Gasteiger partial charge in [-0.05, 0) is 25.7 Å². The highest BCUT2D eigenvalue weighted by Gasteiger charge is 2.31. The largest absolute Gasteiger partial charge is 0.377 e. The van der Waals surface area contributed by atoms with Crippen LogP contribution in [-0.4, -0.2) is 24.8 Å². The van der Waals surface area contributed by atoms with E-state index in [-0.39, 0.29) is 5.54 Å². The molecule has 0 bridgehead atoms. The standard InChI is InChI=1S/C13H22N2O/c14-11-13(7-3-1-2-4-8-13)15-10-12-6-5-9-16-12/h12,15H,1-10H2. The number of nitrogens with zero attached hydrogens (tertiary/aromatic N) is 1. The Kier molecular flexibility index (Phi) is 4.20. The van der Waals surface area contributed by atoms with Gasteiger partial charge in [0.15, 0.2) is 0 Å². The lowest BCUT2D eigenvalue weighted by Gasteiger charge is -2.27. The van der Waals surface area contributed by atoms with E-state index >= 15 is 0 Å². The van der Waals surface area contributed by atoms with Gasteiger partial charge in [-0.3, -0.25) is 5.32 Å². The van der Waals surface area contributed by atoms with Gasteiger partial charge in [-0.25, -0.2) is 0 Å². The Morgan fingerprint density at radius 3 is 2.50 bits per heavy atom. The van der Waals surface area contributed by atoms with Crippen LogP contribution in [0.1, 0.15) is 51.4 Å². The summed E-state index contributed by atoms with van der Waals surface area (Å²) in [6.07, 6.45) is 9.62. The molecule has 2 rings (SSSR count). The van der Waals surface area contributed by atoms with E-state index in [2.05, 4.69) is 11.4 Å². The molecule has 1 N–H and O–H groups in total. The van der Waals surface area contributed by atoms with Crippen LogP contribution in [-0.2, 0) is 4.74 Å². The van der Waals surface area contributed by atoms with Crippen molar-refractivity contribution in [2.45, 2.75) is 63.0 Å². The van der Waals surface area contributed by atoms with Gasteiger partial charge in [0.1, 0.15) is 5.54 Å². The Balaban J connectivity index is 1.85. The summed E-state index contributed by atoms with van der Waals surface area (Å²) in [6, 6.07) is 2.51. The summed E-state index contributed by atoms with van der Waals surface area (Å²) in [6.45, 7) is 1.75. The first kappa shape index (κ1) is 11.9. The number of hydrogen-bond donors (Lipinski definition) is 1. The van der Waals surface area contributed by atoms with Crippen LogP contribution in [0.15, 0.2) is 0 Å². The molecule has 16 heavy (non-hydrogen) atoms. The lowest BCUT2D eigenvalue weighted by atomic mass is 9.91. The molecule has 90 valence electrons. The first-order valence-corrected chi connectivity index (χ1v) is 6.63. The van der Waals surface area contributed by atoms with Gasteiger partial charge in [-0.2, -0.15) is 5.26 Å². The third-order valence-electron chi connectivity index (χ3n) is 3.86. The number of hydrogen-bond acceptors (Lipinski definition) is 3. The molecule has 0 aromatic rings. The van der Waals surface area contributed by atoms with E-state index in [1.54, 1.807) is 0 Å². The second-order valence-electron chi connectivity index (χ2n) is 5.12. The highest BCUT2D eigenvalue weighted by Crippen LogP contribution is 2.27. The van der Waals surface area contributed by atoms with Gasteiger partial charge in [0.25, 0.3) is 0 Å². The van der Waals surface area contributed by atoms with Crippen molar-refractivity contribution in [1.82, 2.24) is 5.32 Å². The average molecular weight is 222 g/mol. The molecule has 1 saturated heterocycles. The molecule has 3 heteroatoms. The summed E-state index contributed by atoms with van der Waals surface area (Å²) in [5.41, 5.74) is -0.261. The molecule has 1 atom stereocenters. The Bertz CT molecular complexity index is 245. The van der Waals surface area contributed by atoms with E-state index in [4.69, 9.17) is 4.74 Å². The van der Waals surface area contributed by atoms with Gasteiger partial charge >= 0.3 is 0 Å². The van der Waals surface area contributed by atoms with Crippen molar-refractivity contribution < 1.29 is 4.74 Å². The molecule has 0 aromatic carbocycles. The maximum atomic E-state index is 9.39. The fourth-order valence-electron chi connectivity index (χ4n) is 2.77. The number of ether oxygens (including phenoxy) is 1. The molecule has 0 spiro atoms. The van der Waals surface area contributed by atoms with Crippen LogP contribution in [0.25, 0.3) is 0 Å². The monoisotopic (exact) mass is 222 g/mol. The predicted octanol–water partition coefficient (Wildman–Crippen LogP) is 2.37. The molecule has 1 saturated carbocycles. The number of nitrogens with one attached hydrogen (secondary N) is 1. The van der Waals surface area contributed by atoms with Gasteiger partial charge in [0.2, 0.25) is 0 Å². The quantitative estimate of drug-likeness (QED) is 0.746. The molecule has 0 amide bonds. The van der Waals surface area contributed by atoms with Crippen LogP contribution < -0.4 is 5.32 Å². The van der Waals surface area contributed by atoms with Gasteiger partial charge in [-0.1, -0.05) is 25.7 Å². The minimum Gasteiger partial charge on any atom is -0.377 e. The van der Waals surface area contributed by atoms with Crippen LogP contribution >= 0.6 is 0 Å². The highest BCUT2D eigenvalue weighted by molar-refractivity contribution is 5.07. The Labute approximate surface area is 98.2 Å². The van der Waals surface area contributed by atoms with Gasteiger partial charge in [0.05, 0.1) is 12.2 Å². The van der Waals surface area contributed by atoms with E-state index in [1.807, 2.05) is 0 Å². The van der Waals surface area contributed by atoms with Crippen LogP contribution in [0.2, 0.25) is 0 Å². The molecule has 0 aromatic heterocycles. The molecule has 1 unspecified atom stereocenters. The van der Waals surface area contributed by atoms with Crippen molar-refractivity contribution in [1.29, 1.82) is 5.26 Å². The zero-order chi connectivity index (χ0) is 11.3. The fourth-order valence-corrected chi connectivity index (χ4v) is 2.77. The second-order valence-corrected chi connectivity index (χ2v) is 5.12. The molecule has 0 radical (unpaired) electrons. The van der Waals surface area contributed by atoms with Crippen molar-refractivity contribution in [2.24, 2.45) is 0 Å². The summed E-state index contributed by atoms with van der Waals surface area (Å²) in [4.78, 5) is 0. The molecule has 2 aliphatic rings. The molecular weight excluding hydrogens is 200 g/mol. The van der Waals surface area contributed by atoms with E-state index in [9.17, 15) is 5.26 Å². The Hall–Kier alpha value is -0.590. The molecule has 3 nitrogen and oxygen atoms in total. The van der Waals surface area contributed by atoms with Crippen molar-refractivity contribution in [2.75, 3.05) is 13.2 Å². The first-order chi connectivity index (χ1) is 7.85. The third kappa shape index (κ3) is 2.96. The van der Waals surface area contributed by atoms with Crippen molar-refractivity contribution in [3.8, 4) is 6.07 Å². The summed E-state index contributed by atoms with van der Waals surface area (Å²) < 4.78 is 5.59. The Morgan fingerprint density at radius 1 is 1.19 bits per heavy atom. The van der Waals surface area contributed by atoms with Gasteiger partial charge < -0.3 is 4.74 Å². The van der Waals surface area contributed by atoms with Gasteiger partial charge in [0, 0.05) is 13.2 Å². The van der Waals surface area contributed by atoms with Crippen LogP contribution in [0.3, 0.4) is 0 Å². The SMILES string of the molecule is N#CC1(NCC2CCCO2)CCCCCC1. The van der Waals surface area contributed by atoms with E-state index in [1.165, 1.54) is 32.1 Å². The van der Waals surface area contributed by atoms with Gasteiger partial charge in [-0.15, -0.1) is 0 Å². The van der Waals surface area contributed by atoms with Crippen LogP contribution in [0, 0.1) is 11.3 Å². The highest BCUT2D eigenvalue weighted by atomic mass is 16.5. The van der Waals surface area contributed by atoms with E-state index in [0.29, 0.717) is 6.10 Å². The average Bonchev–Trinajstić information content (AvgIpc) is 2.72. The van der Waals surface area contributed by atoms with Crippen molar-refractivity contribution >= 4 is 0 Å². The summed E-state index contributed by atoms with van der Waals surface area (Å²) in [5.74, 6) is 0. The molecule has 2 fully saturated rings. The van der Waals surface area contributed by atoms with E-state index in [0.717, 1.165) is 32.4 Å². The van der Waals surface area contributed by atoms with Crippen LogP contribution in [0.4, 0.5) is 0 Å². The summed E-state index contributed by atoms with van der Waals surface area (Å²) in [7, 11) is 0. The fraction of sp³-hybridized carbons (Fsp3) is 0.923. The maximum Gasteiger partial charge on any atom is 0.106 e. The third-order valence-corrected chi connectivity index (χ3v) is 3.86. The minimum atomic E-state index is -0.261. The number of nitriles is 1. The summed E-state index contributed by atoms with van der Waals surface area (Å²) in [5, 5.41) is 12.9. The minimum absolute atomic E-state index is 0.261. The van der Waals surface area contributed by atoms with Crippen LogP contribution in [0.5, 0.6) is 0 Å². The lowest BCUT2D eigenvalue weighted by molar-refractivity contribution is 0.103. The van der Waals surface area contributed by atoms with E-state index < -0.39 is 0 Å². The normalized spacial score (nSPS) is 29.6. The Morgan fingerprint density at radius 2 is 1.94 bits per heavy atom. The first-order valence-electron chi connectivity index (χ1n) is 6.63. The smallest absolute Gasteiger partial charge is 0.106 e. The topological polar surface area (TPSA) is 45.0 Å². The van der Waals surface area contributed by atoms with Crippen molar-refractivity contribution in [3.05, 3.63) is 0 Å². The number of rotatable bonds is 3. The zero-order valence-corrected chi connectivity index (χ0v) is 10.0. The molecular formula is C13H22N2O. The lowest BCUT2D eigenvalue weighted by Crippen LogP contribution is -2.46. The predicted molar refractivity (Wildman–Crippen MR) is 63.0 cm³/mol.